The minimum absolute atomic E-state index is 0.146. The first-order valence-corrected chi connectivity index (χ1v) is 14.6. The van der Waals surface area contributed by atoms with E-state index in [2.05, 4.69) is 28.7 Å². The molecule has 0 spiro atoms. The maximum absolute atomic E-state index is 12.1. The average molecular weight is 541 g/mol. The van der Waals surface area contributed by atoms with Crippen LogP contribution >= 0.6 is 11.7 Å². The van der Waals surface area contributed by atoms with Crippen LogP contribution in [-0.2, 0) is 19.0 Å². The number of unbranched alkanes of at least 4 members (excludes halogenated alkanes) is 9. The van der Waals surface area contributed by atoms with Crippen LogP contribution < -0.4 is 4.74 Å². The number of hydrogen-bond donors (Lipinski definition) is 0. The second-order valence-corrected chi connectivity index (χ2v) is 10.5. The van der Waals surface area contributed by atoms with Gasteiger partial charge in [-0.05, 0) is 12.8 Å². The molecule has 0 amide bonds. The minimum Gasteiger partial charge on any atom is -0.475 e. The fourth-order valence-corrected chi connectivity index (χ4v) is 4.78. The van der Waals surface area contributed by atoms with Crippen LogP contribution in [0.2, 0.25) is 0 Å². The van der Waals surface area contributed by atoms with Crippen molar-refractivity contribution in [2.45, 2.75) is 97.3 Å². The Labute approximate surface area is 226 Å². The molecule has 9 nitrogen and oxygen atoms in total. The Kier molecular flexibility index (Phi) is 15.2. The minimum atomic E-state index is -0.842. The number of nitrogens with zero attached hydrogens (tertiary/aromatic N) is 3. The van der Waals surface area contributed by atoms with Gasteiger partial charge in [-0.1, -0.05) is 77.7 Å². The summed E-state index contributed by atoms with van der Waals surface area (Å²) in [5, 5.41) is 0. The standard InChI is InChI=1S/C27H46N3O6S/c1-4-6-8-10-11-12-13-17-24(31)35-22-36-27(32)34-21-30(3)18-15-16-23(20-30)25-26(29-37-28-25)33-19-14-9-7-5-2/h16H,4-15,17-22H2,1-3H3/q+1. The summed E-state index contributed by atoms with van der Waals surface area (Å²) in [5.74, 6) is 0.228. The van der Waals surface area contributed by atoms with E-state index in [0.717, 1.165) is 68.1 Å². The number of ether oxygens (including phenoxy) is 4. The average Bonchev–Trinajstić information content (AvgIpc) is 3.36. The Hall–Kier alpha value is -2.20. The number of rotatable bonds is 19. The highest BCUT2D eigenvalue weighted by Gasteiger charge is 2.31. The van der Waals surface area contributed by atoms with Gasteiger partial charge in [-0.25, -0.2) is 4.79 Å². The van der Waals surface area contributed by atoms with E-state index in [0.29, 0.717) is 29.9 Å². The van der Waals surface area contributed by atoms with Gasteiger partial charge in [-0.15, -0.1) is 4.37 Å². The lowest BCUT2D eigenvalue weighted by atomic mass is 10.1. The highest BCUT2D eigenvalue weighted by Crippen LogP contribution is 2.30. The van der Waals surface area contributed by atoms with Gasteiger partial charge in [0.25, 0.3) is 5.88 Å². The third-order valence-corrected chi connectivity index (χ3v) is 7.00. The molecule has 1 atom stereocenters. The largest absolute Gasteiger partial charge is 0.515 e. The van der Waals surface area contributed by atoms with Crippen LogP contribution in [0.1, 0.15) is 103 Å². The molecule has 1 unspecified atom stereocenters. The second kappa shape index (κ2) is 18.1. The van der Waals surface area contributed by atoms with Crippen molar-refractivity contribution in [2.75, 3.05) is 40.3 Å². The molecule has 210 valence electrons. The van der Waals surface area contributed by atoms with Crippen molar-refractivity contribution in [3.05, 3.63) is 11.8 Å². The van der Waals surface area contributed by atoms with Crippen LogP contribution in [0.3, 0.4) is 0 Å². The summed E-state index contributed by atoms with van der Waals surface area (Å²) < 4.78 is 30.5. The van der Waals surface area contributed by atoms with Crippen LogP contribution in [0.5, 0.6) is 5.88 Å². The van der Waals surface area contributed by atoms with E-state index >= 15 is 0 Å². The first-order valence-electron chi connectivity index (χ1n) is 13.9. The normalized spacial score (nSPS) is 17.2. The zero-order valence-corrected chi connectivity index (χ0v) is 23.8. The van der Waals surface area contributed by atoms with E-state index in [9.17, 15) is 9.59 Å². The van der Waals surface area contributed by atoms with Crippen molar-refractivity contribution in [1.29, 1.82) is 0 Å². The van der Waals surface area contributed by atoms with Crippen molar-refractivity contribution in [1.82, 2.24) is 8.75 Å². The lowest BCUT2D eigenvalue weighted by molar-refractivity contribution is -0.919. The monoisotopic (exact) mass is 540 g/mol. The van der Waals surface area contributed by atoms with Crippen LogP contribution in [-0.4, -0.2) is 65.6 Å². The van der Waals surface area contributed by atoms with Gasteiger partial charge in [0.1, 0.15) is 12.2 Å². The Morgan fingerprint density at radius 3 is 2.38 bits per heavy atom. The predicted molar refractivity (Wildman–Crippen MR) is 144 cm³/mol. The van der Waals surface area contributed by atoms with Gasteiger partial charge in [0.2, 0.25) is 13.5 Å². The second-order valence-electron chi connectivity index (χ2n) is 10.0. The molecule has 1 aliphatic rings. The number of quaternary nitrogens is 1. The van der Waals surface area contributed by atoms with Gasteiger partial charge >= 0.3 is 12.1 Å². The number of hydrogen-bond acceptors (Lipinski definition) is 9. The number of carbonyl (C=O) groups excluding carboxylic acids is 2. The first kappa shape index (κ1) is 31.0. The predicted octanol–water partition coefficient (Wildman–Crippen LogP) is 6.48. The van der Waals surface area contributed by atoms with Gasteiger partial charge in [-0.2, -0.15) is 4.37 Å². The Balaban J connectivity index is 1.65. The van der Waals surface area contributed by atoms with E-state index in [1.165, 1.54) is 38.5 Å². The molecule has 1 aliphatic heterocycles. The molecular formula is C27H46N3O6S+. The zero-order chi connectivity index (χ0) is 26.8. The van der Waals surface area contributed by atoms with E-state index in [4.69, 9.17) is 18.9 Å². The van der Waals surface area contributed by atoms with Crippen molar-refractivity contribution in [3.63, 3.8) is 0 Å². The van der Waals surface area contributed by atoms with Crippen molar-refractivity contribution in [3.8, 4) is 5.88 Å². The highest BCUT2D eigenvalue weighted by atomic mass is 32.1. The summed E-state index contributed by atoms with van der Waals surface area (Å²) in [5.41, 5.74) is 1.82. The van der Waals surface area contributed by atoms with Crippen molar-refractivity contribution in [2.24, 2.45) is 0 Å². The quantitative estimate of drug-likeness (QED) is 0.0851. The van der Waals surface area contributed by atoms with E-state index in [1.807, 2.05) is 7.05 Å². The van der Waals surface area contributed by atoms with Crippen LogP contribution in [0.4, 0.5) is 4.79 Å². The van der Waals surface area contributed by atoms with Gasteiger partial charge in [-0.3, -0.25) is 9.28 Å². The van der Waals surface area contributed by atoms with Gasteiger partial charge in [0.05, 0.1) is 31.9 Å². The molecule has 0 N–H and O–H groups in total. The molecule has 0 saturated heterocycles. The van der Waals surface area contributed by atoms with E-state index in [1.54, 1.807) is 0 Å². The van der Waals surface area contributed by atoms with Crippen molar-refractivity contribution >= 4 is 29.4 Å². The van der Waals surface area contributed by atoms with Gasteiger partial charge in [0.15, 0.2) is 0 Å². The molecule has 10 heteroatoms. The lowest BCUT2D eigenvalue weighted by Crippen LogP contribution is -2.49. The number of likely N-dealkylation sites (N-methyl/N-ethyl adjacent to an activating group) is 1. The summed E-state index contributed by atoms with van der Waals surface area (Å²) in [6.07, 6.45) is 14.9. The first-order chi connectivity index (χ1) is 18.0. The molecule has 0 fully saturated rings. The molecule has 0 bridgehead atoms. The maximum Gasteiger partial charge on any atom is 0.515 e. The Morgan fingerprint density at radius 1 is 0.919 bits per heavy atom. The van der Waals surface area contributed by atoms with Crippen molar-refractivity contribution < 1.29 is 33.0 Å². The number of esters is 1. The summed E-state index contributed by atoms with van der Waals surface area (Å²) in [6, 6.07) is 0. The summed E-state index contributed by atoms with van der Waals surface area (Å²) in [7, 11) is 2.02. The van der Waals surface area contributed by atoms with Crippen LogP contribution in [0, 0.1) is 0 Å². The summed E-state index contributed by atoms with van der Waals surface area (Å²) >= 11 is 1.15. The van der Waals surface area contributed by atoms with Crippen LogP contribution in [0.15, 0.2) is 6.08 Å². The smallest absolute Gasteiger partial charge is 0.475 e. The fraction of sp³-hybridized carbons (Fsp3) is 0.778. The summed E-state index contributed by atoms with van der Waals surface area (Å²) in [6.45, 7) is 6.19. The Morgan fingerprint density at radius 2 is 1.62 bits per heavy atom. The number of carbonyl (C=O) groups is 2. The molecule has 0 radical (unpaired) electrons. The van der Waals surface area contributed by atoms with Gasteiger partial charge < -0.3 is 18.9 Å². The molecule has 1 aromatic rings. The van der Waals surface area contributed by atoms with Gasteiger partial charge in [0, 0.05) is 18.4 Å². The summed E-state index contributed by atoms with van der Waals surface area (Å²) in [4.78, 5) is 23.9. The topological polar surface area (TPSA) is 96.8 Å². The lowest BCUT2D eigenvalue weighted by Gasteiger charge is -2.36. The molecule has 2 rings (SSSR count). The third-order valence-electron chi connectivity index (χ3n) is 6.49. The highest BCUT2D eigenvalue weighted by molar-refractivity contribution is 6.99. The Bertz CT molecular complexity index is 831. The van der Waals surface area contributed by atoms with E-state index in [-0.39, 0.29) is 12.7 Å². The number of aromatic nitrogens is 2. The molecule has 1 aromatic heterocycles. The maximum atomic E-state index is 12.1. The van der Waals surface area contributed by atoms with E-state index < -0.39 is 12.9 Å². The third kappa shape index (κ3) is 12.7. The molecule has 37 heavy (non-hydrogen) atoms. The SMILES string of the molecule is CCCCCCCCCC(=O)OCOC(=O)OC[N+]1(C)CCC=C(c2nsnc2OCCCCCC)C1. The molecule has 0 aliphatic carbocycles. The molecule has 0 aromatic carbocycles. The fourth-order valence-electron chi connectivity index (χ4n) is 4.25. The molecule has 2 heterocycles. The molecule has 0 saturated carbocycles. The van der Waals surface area contributed by atoms with Crippen LogP contribution in [0.25, 0.3) is 5.57 Å². The molecular weight excluding hydrogens is 494 g/mol. The zero-order valence-electron chi connectivity index (χ0n) is 23.0.